The van der Waals surface area contributed by atoms with Crippen LogP contribution in [0.1, 0.15) is 24.6 Å². The zero-order chi connectivity index (χ0) is 10.7. The predicted octanol–water partition coefficient (Wildman–Crippen LogP) is 0.893. The highest BCUT2D eigenvalue weighted by Gasteiger charge is 2.29. The van der Waals surface area contributed by atoms with Gasteiger partial charge in [0.2, 0.25) is 11.8 Å². The van der Waals surface area contributed by atoms with Gasteiger partial charge in [0.1, 0.15) is 6.61 Å². The predicted molar refractivity (Wildman–Crippen MR) is 54.3 cm³/mol. The van der Waals surface area contributed by atoms with Crippen molar-refractivity contribution in [2.45, 2.75) is 32.5 Å². The summed E-state index contributed by atoms with van der Waals surface area (Å²) >= 11 is 0. The standard InChI is InChI=1S/C10H17N3O2/c1-7-12-13-10(15-7)6-14-9-3-8(4-9)5-11-2/h8-9,11H,3-6H2,1-2H3. The molecule has 1 fully saturated rings. The fourth-order valence-corrected chi connectivity index (χ4v) is 1.85. The van der Waals surface area contributed by atoms with Gasteiger partial charge >= 0.3 is 0 Å². The summed E-state index contributed by atoms with van der Waals surface area (Å²) in [6.45, 7) is 3.31. The lowest BCUT2D eigenvalue weighted by molar-refractivity contribution is -0.0463. The number of aryl methyl sites for hydroxylation is 1. The van der Waals surface area contributed by atoms with Crippen LogP contribution in [-0.2, 0) is 11.3 Å². The third-order valence-corrected chi connectivity index (χ3v) is 2.70. The molecule has 0 spiro atoms. The molecule has 15 heavy (non-hydrogen) atoms. The molecule has 0 saturated heterocycles. The van der Waals surface area contributed by atoms with Gasteiger partial charge in [0, 0.05) is 6.92 Å². The highest BCUT2D eigenvalue weighted by atomic mass is 16.5. The van der Waals surface area contributed by atoms with Crippen molar-refractivity contribution in [2.75, 3.05) is 13.6 Å². The molecule has 0 aliphatic heterocycles. The van der Waals surface area contributed by atoms with Crippen LogP contribution in [0.4, 0.5) is 0 Å². The van der Waals surface area contributed by atoms with Crippen molar-refractivity contribution in [2.24, 2.45) is 5.92 Å². The van der Waals surface area contributed by atoms with Crippen LogP contribution in [0.5, 0.6) is 0 Å². The highest BCUT2D eigenvalue weighted by molar-refractivity contribution is 4.83. The Morgan fingerprint density at radius 1 is 1.47 bits per heavy atom. The van der Waals surface area contributed by atoms with Crippen molar-refractivity contribution in [3.05, 3.63) is 11.8 Å². The monoisotopic (exact) mass is 211 g/mol. The van der Waals surface area contributed by atoms with Crippen LogP contribution in [0.25, 0.3) is 0 Å². The molecule has 0 aromatic carbocycles. The van der Waals surface area contributed by atoms with Crippen LogP contribution in [0.15, 0.2) is 4.42 Å². The minimum Gasteiger partial charge on any atom is -0.423 e. The van der Waals surface area contributed by atoms with E-state index in [0.29, 0.717) is 24.5 Å². The average molecular weight is 211 g/mol. The van der Waals surface area contributed by atoms with Crippen molar-refractivity contribution in [1.29, 1.82) is 0 Å². The largest absolute Gasteiger partial charge is 0.423 e. The van der Waals surface area contributed by atoms with Crippen LogP contribution in [0, 0.1) is 12.8 Å². The number of nitrogens with zero attached hydrogens (tertiary/aromatic N) is 2. The molecule has 0 radical (unpaired) electrons. The first-order valence-corrected chi connectivity index (χ1v) is 5.33. The molecule has 0 unspecified atom stereocenters. The van der Waals surface area contributed by atoms with E-state index in [1.54, 1.807) is 6.92 Å². The molecule has 2 rings (SSSR count). The second-order valence-electron chi connectivity index (χ2n) is 4.04. The van der Waals surface area contributed by atoms with Gasteiger partial charge in [-0.1, -0.05) is 0 Å². The van der Waals surface area contributed by atoms with E-state index in [1.165, 1.54) is 0 Å². The molecule has 1 aromatic rings. The smallest absolute Gasteiger partial charge is 0.242 e. The highest BCUT2D eigenvalue weighted by Crippen LogP contribution is 2.29. The fraction of sp³-hybridized carbons (Fsp3) is 0.800. The van der Waals surface area contributed by atoms with Crippen LogP contribution < -0.4 is 5.32 Å². The molecule has 0 amide bonds. The third-order valence-electron chi connectivity index (χ3n) is 2.70. The molecule has 1 aliphatic carbocycles. The minimum atomic E-state index is 0.371. The number of rotatable bonds is 5. The van der Waals surface area contributed by atoms with Gasteiger partial charge in [-0.25, -0.2) is 0 Å². The maximum absolute atomic E-state index is 5.63. The van der Waals surface area contributed by atoms with Gasteiger partial charge in [0.15, 0.2) is 0 Å². The van der Waals surface area contributed by atoms with Gasteiger partial charge in [-0.3, -0.25) is 0 Å². The van der Waals surface area contributed by atoms with Gasteiger partial charge < -0.3 is 14.5 Å². The molecule has 0 atom stereocenters. The number of ether oxygens (including phenoxy) is 1. The maximum Gasteiger partial charge on any atom is 0.242 e. The first kappa shape index (κ1) is 10.6. The van der Waals surface area contributed by atoms with Gasteiger partial charge in [0.05, 0.1) is 6.10 Å². The van der Waals surface area contributed by atoms with Gasteiger partial charge in [0.25, 0.3) is 0 Å². The minimum absolute atomic E-state index is 0.371. The zero-order valence-corrected chi connectivity index (χ0v) is 9.19. The SMILES string of the molecule is CNCC1CC(OCc2nnc(C)o2)C1. The van der Waals surface area contributed by atoms with E-state index in [2.05, 4.69) is 15.5 Å². The summed E-state index contributed by atoms with van der Waals surface area (Å²) < 4.78 is 10.8. The lowest BCUT2D eigenvalue weighted by atomic mass is 9.82. The normalized spacial score (nSPS) is 25.2. The number of hydrogen-bond donors (Lipinski definition) is 1. The summed E-state index contributed by atoms with van der Waals surface area (Å²) in [4.78, 5) is 0. The first-order chi connectivity index (χ1) is 7.28. The summed E-state index contributed by atoms with van der Waals surface area (Å²) in [6.07, 6.45) is 2.64. The Morgan fingerprint density at radius 2 is 2.27 bits per heavy atom. The second kappa shape index (κ2) is 4.72. The lowest BCUT2D eigenvalue weighted by Gasteiger charge is -2.34. The van der Waals surface area contributed by atoms with E-state index in [1.807, 2.05) is 7.05 Å². The Bertz CT molecular complexity index is 307. The van der Waals surface area contributed by atoms with Crippen molar-refractivity contribution < 1.29 is 9.15 Å². The van der Waals surface area contributed by atoms with Crippen LogP contribution in [-0.4, -0.2) is 29.9 Å². The van der Waals surface area contributed by atoms with E-state index >= 15 is 0 Å². The van der Waals surface area contributed by atoms with E-state index in [9.17, 15) is 0 Å². The van der Waals surface area contributed by atoms with Gasteiger partial charge in [-0.2, -0.15) is 0 Å². The molecule has 0 bridgehead atoms. The first-order valence-electron chi connectivity index (χ1n) is 5.33. The molecular formula is C10H17N3O2. The Kier molecular flexibility index (Phi) is 3.33. The zero-order valence-electron chi connectivity index (χ0n) is 9.19. The summed E-state index contributed by atoms with van der Waals surface area (Å²) in [6, 6.07) is 0. The number of aromatic nitrogens is 2. The number of nitrogens with one attached hydrogen (secondary N) is 1. The summed E-state index contributed by atoms with van der Waals surface area (Å²) in [5, 5.41) is 10.8. The Balaban J connectivity index is 1.64. The molecule has 1 heterocycles. The van der Waals surface area contributed by atoms with Gasteiger partial charge in [-0.05, 0) is 32.4 Å². The van der Waals surface area contributed by atoms with Crippen molar-refractivity contribution in [3.8, 4) is 0 Å². The van der Waals surface area contributed by atoms with Gasteiger partial charge in [-0.15, -0.1) is 10.2 Å². The molecule has 84 valence electrons. The lowest BCUT2D eigenvalue weighted by Crippen LogP contribution is -2.36. The van der Waals surface area contributed by atoms with E-state index < -0.39 is 0 Å². The Hall–Kier alpha value is -0.940. The summed E-state index contributed by atoms with van der Waals surface area (Å²) in [5.41, 5.74) is 0. The molecule has 1 aromatic heterocycles. The van der Waals surface area contributed by atoms with Crippen LogP contribution >= 0.6 is 0 Å². The molecule has 5 nitrogen and oxygen atoms in total. The van der Waals surface area contributed by atoms with Crippen LogP contribution in [0.2, 0.25) is 0 Å². The van der Waals surface area contributed by atoms with Crippen molar-refractivity contribution >= 4 is 0 Å². The average Bonchev–Trinajstić information content (AvgIpc) is 2.55. The topological polar surface area (TPSA) is 60.2 Å². The third kappa shape index (κ3) is 2.76. The second-order valence-corrected chi connectivity index (χ2v) is 4.04. The van der Waals surface area contributed by atoms with E-state index in [4.69, 9.17) is 9.15 Å². The van der Waals surface area contributed by atoms with E-state index in [0.717, 1.165) is 25.3 Å². The summed E-state index contributed by atoms with van der Waals surface area (Å²) in [5.74, 6) is 1.93. The van der Waals surface area contributed by atoms with E-state index in [-0.39, 0.29) is 0 Å². The summed E-state index contributed by atoms with van der Waals surface area (Å²) in [7, 11) is 1.98. The van der Waals surface area contributed by atoms with Crippen LogP contribution in [0.3, 0.4) is 0 Å². The molecular weight excluding hydrogens is 194 g/mol. The van der Waals surface area contributed by atoms with Crippen molar-refractivity contribution in [1.82, 2.24) is 15.5 Å². The molecule has 1 aliphatic rings. The van der Waals surface area contributed by atoms with Crippen molar-refractivity contribution in [3.63, 3.8) is 0 Å². The molecule has 1 saturated carbocycles. The maximum atomic E-state index is 5.63. The Morgan fingerprint density at radius 3 is 2.87 bits per heavy atom. The fourth-order valence-electron chi connectivity index (χ4n) is 1.85. The number of hydrogen-bond acceptors (Lipinski definition) is 5. The Labute approximate surface area is 89.2 Å². The quantitative estimate of drug-likeness (QED) is 0.783. The molecule has 5 heteroatoms. The molecule has 1 N–H and O–H groups in total.